The van der Waals surface area contributed by atoms with Crippen LogP contribution < -0.4 is 0 Å². The standard InChI is InChI=1S/C17H20BrNO4S/c1-2-23-17(20)15-8-13(18)7-14-12(9-19-16(14)15)6-11-4-3-5-24(21,22)10-11/h7-9,11,19H,2-6,10H2,1H3. The number of carbonyl (C=O) groups is 1. The molecular weight excluding hydrogens is 394 g/mol. The maximum absolute atomic E-state index is 12.2. The highest BCUT2D eigenvalue weighted by Crippen LogP contribution is 2.30. The molecule has 0 bridgehead atoms. The lowest BCUT2D eigenvalue weighted by atomic mass is 9.95. The van der Waals surface area contributed by atoms with Gasteiger partial charge in [0.05, 0.1) is 29.2 Å². The molecule has 0 spiro atoms. The van der Waals surface area contributed by atoms with Crippen molar-refractivity contribution >= 4 is 42.6 Å². The number of nitrogens with one attached hydrogen (secondary N) is 1. The molecule has 0 radical (unpaired) electrons. The second-order valence-electron chi connectivity index (χ2n) is 6.24. The summed E-state index contributed by atoms with van der Waals surface area (Å²) in [4.78, 5) is 15.3. The Hall–Kier alpha value is -1.34. The average molecular weight is 414 g/mol. The predicted molar refractivity (Wildman–Crippen MR) is 97.0 cm³/mol. The van der Waals surface area contributed by atoms with Crippen LogP contribution in [0.25, 0.3) is 10.9 Å². The van der Waals surface area contributed by atoms with Gasteiger partial charge in [-0.2, -0.15) is 0 Å². The van der Waals surface area contributed by atoms with E-state index in [2.05, 4.69) is 20.9 Å². The van der Waals surface area contributed by atoms with Crippen LogP contribution in [0.2, 0.25) is 0 Å². The zero-order valence-corrected chi connectivity index (χ0v) is 15.9. The highest BCUT2D eigenvalue weighted by atomic mass is 79.9. The molecule has 0 amide bonds. The number of H-pyrrole nitrogens is 1. The van der Waals surface area contributed by atoms with Gasteiger partial charge in [0, 0.05) is 16.1 Å². The molecule has 1 aromatic carbocycles. The number of halogens is 1. The van der Waals surface area contributed by atoms with Crippen molar-refractivity contribution < 1.29 is 17.9 Å². The summed E-state index contributed by atoms with van der Waals surface area (Å²) in [6.07, 6.45) is 4.22. The highest BCUT2D eigenvalue weighted by Gasteiger charge is 2.26. The van der Waals surface area contributed by atoms with E-state index in [9.17, 15) is 13.2 Å². The number of esters is 1. The lowest BCUT2D eigenvalue weighted by Crippen LogP contribution is -2.26. The van der Waals surface area contributed by atoms with Crippen LogP contribution in [-0.4, -0.2) is 37.5 Å². The zero-order valence-electron chi connectivity index (χ0n) is 13.5. The van der Waals surface area contributed by atoms with Crippen molar-refractivity contribution in [1.82, 2.24) is 4.98 Å². The van der Waals surface area contributed by atoms with Crippen LogP contribution in [0.5, 0.6) is 0 Å². The zero-order chi connectivity index (χ0) is 17.3. The third-order valence-electron chi connectivity index (χ3n) is 4.40. The van der Waals surface area contributed by atoms with Crippen molar-refractivity contribution in [3.63, 3.8) is 0 Å². The number of carbonyl (C=O) groups excluding carboxylic acids is 1. The summed E-state index contributed by atoms with van der Waals surface area (Å²) in [6.45, 7) is 2.09. The Morgan fingerprint density at radius 1 is 1.42 bits per heavy atom. The second kappa shape index (κ2) is 6.88. The largest absolute Gasteiger partial charge is 0.462 e. The van der Waals surface area contributed by atoms with Crippen molar-refractivity contribution in [3.05, 3.63) is 33.9 Å². The van der Waals surface area contributed by atoms with E-state index < -0.39 is 9.84 Å². The Labute approximate surface area is 149 Å². The maximum atomic E-state index is 12.2. The van der Waals surface area contributed by atoms with E-state index >= 15 is 0 Å². The lowest BCUT2D eigenvalue weighted by Gasteiger charge is -2.21. The first-order chi connectivity index (χ1) is 11.4. The Morgan fingerprint density at radius 2 is 2.21 bits per heavy atom. The molecule has 2 heterocycles. The summed E-state index contributed by atoms with van der Waals surface area (Å²) in [6, 6.07) is 3.70. The van der Waals surface area contributed by atoms with E-state index in [1.807, 2.05) is 12.3 Å². The molecule has 7 heteroatoms. The molecule has 1 N–H and O–H groups in total. The molecule has 24 heavy (non-hydrogen) atoms. The fraction of sp³-hybridized carbons (Fsp3) is 0.471. The number of aromatic amines is 1. The van der Waals surface area contributed by atoms with Crippen LogP contribution in [0.3, 0.4) is 0 Å². The van der Waals surface area contributed by atoms with E-state index in [4.69, 9.17) is 4.74 Å². The highest BCUT2D eigenvalue weighted by molar-refractivity contribution is 9.10. The first-order valence-electron chi connectivity index (χ1n) is 8.06. The maximum Gasteiger partial charge on any atom is 0.340 e. The molecule has 1 saturated heterocycles. The Morgan fingerprint density at radius 3 is 2.92 bits per heavy atom. The summed E-state index contributed by atoms with van der Waals surface area (Å²) in [5.41, 5.74) is 2.27. The minimum Gasteiger partial charge on any atom is -0.462 e. The Kier molecular flexibility index (Phi) is 5.01. The molecule has 2 aromatic rings. The van der Waals surface area contributed by atoms with E-state index in [0.717, 1.165) is 33.8 Å². The van der Waals surface area contributed by atoms with Crippen LogP contribution in [0.15, 0.2) is 22.8 Å². The van der Waals surface area contributed by atoms with Gasteiger partial charge in [0.15, 0.2) is 9.84 Å². The molecule has 1 aromatic heterocycles. The molecule has 1 aliphatic heterocycles. The third kappa shape index (κ3) is 3.67. The molecule has 1 aliphatic rings. The van der Waals surface area contributed by atoms with Crippen molar-refractivity contribution in [3.8, 4) is 0 Å². The van der Waals surface area contributed by atoms with Gasteiger partial charge in [-0.15, -0.1) is 0 Å². The molecule has 3 rings (SSSR count). The van der Waals surface area contributed by atoms with Crippen LogP contribution in [-0.2, 0) is 21.0 Å². The lowest BCUT2D eigenvalue weighted by molar-refractivity contribution is 0.0528. The second-order valence-corrected chi connectivity index (χ2v) is 9.38. The van der Waals surface area contributed by atoms with Crippen LogP contribution >= 0.6 is 15.9 Å². The number of hydrogen-bond donors (Lipinski definition) is 1. The quantitative estimate of drug-likeness (QED) is 0.778. The van der Waals surface area contributed by atoms with Crippen molar-refractivity contribution in [1.29, 1.82) is 0 Å². The normalized spacial score (nSPS) is 20.2. The van der Waals surface area contributed by atoms with Gasteiger partial charge in [-0.1, -0.05) is 15.9 Å². The molecule has 0 saturated carbocycles. The van der Waals surface area contributed by atoms with Gasteiger partial charge < -0.3 is 9.72 Å². The number of fused-ring (bicyclic) bond motifs is 1. The Balaban J connectivity index is 1.94. The van der Waals surface area contributed by atoms with Gasteiger partial charge >= 0.3 is 5.97 Å². The molecule has 1 atom stereocenters. The summed E-state index contributed by atoms with van der Waals surface area (Å²) < 4.78 is 29.6. The summed E-state index contributed by atoms with van der Waals surface area (Å²) in [7, 11) is -2.92. The van der Waals surface area contributed by atoms with Gasteiger partial charge in [0.25, 0.3) is 0 Å². The summed E-state index contributed by atoms with van der Waals surface area (Å²) in [5.74, 6) is 0.319. The van der Waals surface area contributed by atoms with E-state index in [1.54, 1.807) is 13.0 Å². The number of ether oxygens (including phenoxy) is 1. The van der Waals surface area contributed by atoms with Crippen LogP contribution in [0, 0.1) is 5.92 Å². The smallest absolute Gasteiger partial charge is 0.340 e. The van der Waals surface area contributed by atoms with Gasteiger partial charge in [-0.05, 0) is 49.8 Å². The van der Waals surface area contributed by atoms with E-state index in [-0.39, 0.29) is 17.6 Å². The SMILES string of the molecule is CCOC(=O)c1cc(Br)cc2c(CC3CCCS(=O)(=O)C3)c[nH]c12. The number of rotatable bonds is 4. The van der Waals surface area contributed by atoms with Gasteiger partial charge in [-0.3, -0.25) is 0 Å². The molecule has 0 aliphatic carbocycles. The van der Waals surface area contributed by atoms with E-state index in [1.165, 1.54) is 0 Å². The summed E-state index contributed by atoms with van der Waals surface area (Å²) in [5, 5.41) is 0.940. The first-order valence-corrected chi connectivity index (χ1v) is 10.7. The summed E-state index contributed by atoms with van der Waals surface area (Å²) >= 11 is 3.45. The topological polar surface area (TPSA) is 76.2 Å². The fourth-order valence-corrected chi connectivity index (χ4v) is 5.61. The Bertz CT molecular complexity index is 872. The minimum absolute atomic E-state index is 0.132. The van der Waals surface area contributed by atoms with Crippen molar-refractivity contribution in [2.75, 3.05) is 18.1 Å². The monoisotopic (exact) mass is 413 g/mol. The fourth-order valence-electron chi connectivity index (χ4n) is 3.38. The van der Waals surface area contributed by atoms with Crippen molar-refractivity contribution in [2.45, 2.75) is 26.2 Å². The minimum atomic E-state index is -2.92. The number of hydrogen-bond acceptors (Lipinski definition) is 4. The molecule has 1 unspecified atom stereocenters. The molecule has 1 fully saturated rings. The van der Waals surface area contributed by atoms with Crippen LogP contribution in [0.1, 0.15) is 35.7 Å². The number of benzene rings is 1. The first kappa shape index (κ1) is 17.5. The number of sulfone groups is 1. The van der Waals surface area contributed by atoms with Gasteiger partial charge in [-0.25, -0.2) is 13.2 Å². The van der Waals surface area contributed by atoms with Gasteiger partial charge in [0.1, 0.15) is 0 Å². The van der Waals surface area contributed by atoms with Crippen LogP contribution in [0.4, 0.5) is 0 Å². The van der Waals surface area contributed by atoms with Gasteiger partial charge in [0.2, 0.25) is 0 Å². The average Bonchev–Trinajstić information content (AvgIpc) is 2.88. The van der Waals surface area contributed by atoms with E-state index in [0.29, 0.717) is 24.3 Å². The predicted octanol–water partition coefficient (Wildman–Crippen LogP) is 3.47. The molecule has 130 valence electrons. The van der Waals surface area contributed by atoms with Crippen molar-refractivity contribution in [2.24, 2.45) is 5.92 Å². The third-order valence-corrected chi connectivity index (χ3v) is 6.75. The molecular formula is C17H20BrNO4S. The number of aromatic nitrogens is 1. The molecule has 5 nitrogen and oxygen atoms in total.